The van der Waals surface area contributed by atoms with Crippen molar-refractivity contribution in [1.29, 1.82) is 5.41 Å². The molecule has 0 aromatic heterocycles. The van der Waals surface area contributed by atoms with Gasteiger partial charge in [0.2, 0.25) is 0 Å². The molecule has 0 spiro atoms. The van der Waals surface area contributed by atoms with E-state index in [1.807, 2.05) is 0 Å². The van der Waals surface area contributed by atoms with Gasteiger partial charge in [0.25, 0.3) is 5.12 Å². The quantitative estimate of drug-likeness (QED) is 0.342. The summed E-state index contributed by atoms with van der Waals surface area (Å²) in [6, 6.07) is 0. The average Bonchev–Trinajstić information content (AvgIpc) is 1.65. The third kappa shape index (κ3) is 2.22. The molecule has 0 saturated heterocycles. The van der Waals surface area contributed by atoms with Crippen LogP contribution in [0.15, 0.2) is 0 Å². The summed E-state index contributed by atoms with van der Waals surface area (Å²) in [5.74, 6) is -0.382. The minimum absolute atomic E-state index is 0.375. The number of thioether (sulfide) groups is 1. The van der Waals surface area contributed by atoms with Crippen LogP contribution in [-0.2, 0) is 4.79 Å². The molecule has 0 aliphatic rings. The number of hydrogen-bond donors (Lipinski definition) is 2. The van der Waals surface area contributed by atoms with Gasteiger partial charge in [-0.1, -0.05) is 11.8 Å². The molecule has 3 nitrogen and oxygen atoms in total. The van der Waals surface area contributed by atoms with Gasteiger partial charge >= 0.3 is 0 Å². The Balaban J connectivity index is 3.58. The number of hydrogen-bond acceptors (Lipinski definition) is 3. The van der Waals surface area contributed by atoms with Gasteiger partial charge < -0.3 is 5.73 Å². The van der Waals surface area contributed by atoms with Gasteiger partial charge in [-0.05, 0) is 6.26 Å². The molecule has 0 rings (SSSR count). The third-order valence-corrected chi connectivity index (χ3v) is 0.996. The van der Waals surface area contributed by atoms with Crippen molar-refractivity contribution in [2.45, 2.75) is 0 Å². The van der Waals surface area contributed by atoms with Gasteiger partial charge in [0.1, 0.15) is 0 Å². The first-order valence-electron chi connectivity index (χ1n) is 1.61. The molecule has 40 valence electrons. The highest BCUT2D eigenvalue weighted by atomic mass is 32.2. The first kappa shape index (κ1) is 6.49. The second-order valence-electron chi connectivity index (χ2n) is 0.905. The van der Waals surface area contributed by atoms with Crippen molar-refractivity contribution in [1.82, 2.24) is 0 Å². The first-order chi connectivity index (χ1) is 3.18. The maximum Gasteiger partial charge on any atom is 0.253 e. The average molecular weight is 118 g/mol. The fourth-order valence-corrected chi connectivity index (χ4v) is 0.330. The summed E-state index contributed by atoms with van der Waals surface area (Å²) in [4.78, 5) is 10.1. The summed E-state index contributed by atoms with van der Waals surface area (Å²) in [5, 5.41) is 6.13. The lowest BCUT2D eigenvalue weighted by molar-refractivity contribution is -0.105. The Morgan fingerprint density at radius 2 is 2.29 bits per heavy atom. The Kier molecular flexibility index (Phi) is 2.44. The summed E-state index contributed by atoms with van der Waals surface area (Å²) in [7, 11) is 0. The predicted molar refractivity (Wildman–Crippen MR) is 30.4 cm³/mol. The van der Waals surface area contributed by atoms with Gasteiger partial charge in [-0.25, -0.2) is 0 Å². The van der Waals surface area contributed by atoms with Gasteiger partial charge in [-0.3, -0.25) is 10.2 Å². The van der Waals surface area contributed by atoms with E-state index in [2.05, 4.69) is 0 Å². The van der Waals surface area contributed by atoms with E-state index in [4.69, 9.17) is 11.1 Å². The highest BCUT2D eigenvalue weighted by molar-refractivity contribution is 8.14. The van der Waals surface area contributed by atoms with Crippen LogP contribution in [0.1, 0.15) is 0 Å². The van der Waals surface area contributed by atoms with Gasteiger partial charge in [0.15, 0.2) is 5.84 Å². The molecule has 0 fully saturated rings. The monoisotopic (exact) mass is 118 g/mol. The summed E-state index contributed by atoms with van der Waals surface area (Å²) < 4.78 is 0. The Bertz CT molecular complexity index is 101. The molecular formula is C3H6N2OS. The number of carbonyl (C=O) groups excluding carboxylic acids is 1. The van der Waals surface area contributed by atoms with E-state index in [9.17, 15) is 4.79 Å². The summed E-state index contributed by atoms with van der Waals surface area (Å²) in [6.07, 6.45) is 1.59. The van der Waals surface area contributed by atoms with Crippen LogP contribution in [0.2, 0.25) is 0 Å². The smallest absolute Gasteiger partial charge is 0.253 e. The van der Waals surface area contributed by atoms with Crippen LogP contribution in [0.4, 0.5) is 0 Å². The van der Waals surface area contributed by atoms with Crippen molar-refractivity contribution < 1.29 is 4.79 Å². The number of rotatable bonds is 0. The molecule has 3 N–H and O–H groups in total. The number of amidine groups is 1. The van der Waals surface area contributed by atoms with E-state index in [1.54, 1.807) is 6.26 Å². The standard InChI is InChI=1S/C3H6N2OS/c1-7-3(6)2(4)5/h1H3,(H3,4,5). The number of carbonyl (C=O) groups is 1. The van der Waals surface area contributed by atoms with Crippen LogP contribution in [0.5, 0.6) is 0 Å². The van der Waals surface area contributed by atoms with Gasteiger partial charge in [-0.2, -0.15) is 0 Å². The van der Waals surface area contributed by atoms with Crippen molar-refractivity contribution >= 4 is 22.7 Å². The molecule has 0 radical (unpaired) electrons. The van der Waals surface area contributed by atoms with Crippen molar-refractivity contribution in [2.24, 2.45) is 5.73 Å². The topological polar surface area (TPSA) is 66.9 Å². The molecule has 0 heterocycles. The molecule has 0 aromatic carbocycles. The van der Waals surface area contributed by atoms with Crippen LogP contribution < -0.4 is 5.73 Å². The van der Waals surface area contributed by atoms with Crippen LogP contribution in [0.3, 0.4) is 0 Å². The largest absolute Gasteiger partial charge is 0.380 e. The maximum absolute atomic E-state index is 10.1. The zero-order valence-electron chi connectivity index (χ0n) is 3.89. The lowest BCUT2D eigenvalue weighted by Crippen LogP contribution is -2.18. The lowest BCUT2D eigenvalue weighted by atomic mass is 10.7. The SMILES string of the molecule is CSC(=O)C(=N)N. The Hall–Kier alpha value is -0.510. The zero-order chi connectivity index (χ0) is 5.86. The van der Waals surface area contributed by atoms with Crippen LogP contribution >= 0.6 is 11.8 Å². The van der Waals surface area contributed by atoms with Gasteiger partial charge in [0, 0.05) is 0 Å². The lowest BCUT2D eigenvalue weighted by Gasteiger charge is -1.85. The molecule has 4 heteroatoms. The Morgan fingerprint density at radius 3 is 2.29 bits per heavy atom. The molecule has 0 atom stereocenters. The van der Waals surface area contributed by atoms with Crippen molar-refractivity contribution in [2.75, 3.05) is 6.26 Å². The van der Waals surface area contributed by atoms with Gasteiger partial charge in [-0.15, -0.1) is 0 Å². The van der Waals surface area contributed by atoms with E-state index in [-0.39, 0.29) is 11.0 Å². The summed E-state index contributed by atoms with van der Waals surface area (Å²) in [5.41, 5.74) is 4.76. The van der Waals surface area contributed by atoms with Crippen LogP contribution in [0, 0.1) is 5.41 Å². The minimum Gasteiger partial charge on any atom is -0.380 e. The number of nitrogens with two attached hydrogens (primary N) is 1. The molecule has 0 bridgehead atoms. The predicted octanol–water partition coefficient (Wildman–Crippen LogP) is -0.188. The molecule has 0 aromatic rings. The van der Waals surface area contributed by atoms with E-state index >= 15 is 0 Å². The van der Waals surface area contributed by atoms with Crippen molar-refractivity contribution in [3.05, 3.63) is 0 Å². The highest BCUT2D eigenvalue weighted by Crippen LogP contribution is 1.90. The summed E-state index contributed by atoms with van der Waals surface area (Å²) in [6.45, 7) is 0. The van der Waals surface area contributed by atoms with Crippen molar-refractivity contribution in [3.63, 3.8) is 0 Å². The minimum atomic E-state index is -0.382. The molecule has 0 unspecified atom stereocenters. The normalized spacial score (nSPS) is 8.14. The Morgan fingerprint density at radius 1 is 1.86 bits per heavy atom. The highest BCUT2D eigenvalue weighted by Gasteiger charge is 1.98. The molecule has 0 amide bonds. The maximum atomic E-state index is 10.1. The van der Waals surface area contributed by atoms with Crippen molar-refractivity contribution in [3.8, 4) is 0 Å². The second-order valence-corrected chi connectivity index (χ2v) is 1.68. The molecule has 0 saturated carbocycles. The molecule has 0 aliphatic heterocycles. The van der Waals surface area contributed by atoms with E-state index in [0.717, 1.165) is 11.8 Å². The first-order valence-corrected chi connectivity index (χ1v) is 2.83. The fraction of sp³-hybridized carbons (Fsp3) is 0.333. The second kappa shape index (κ2) is 2.63. The van der Waals surface area contributed by atoms with Gasteiger partial charge in [0.05, 0.1) is 0 Å². The van der Waals surface area contributed by atoms with E-state index in [1.165, 1.54) is 0 Å². The fourth-order valence-electron chi connectivity index (χ4n) is 0.110. The molecule has 7 heavy (non-hydrogen) atoms. The molecular weight excluding hydrogens is 112 g/mol. The molecule has 0 aliphatic carbocycles. The third-order valence-electron chi connectivity index (χ3n) is 0.405. The zero-order valence-corrected chi connectivity index (χ0v) is 4.71. The van der Waals surface area contributed by atoms with E-state index < -0.39 is 0 Å². The Labute approximate surface area is 45.8 Å². The summed E-state index contributed by atoms with van der Waals surface area (Å²) >= 11 is 0.944. The number of nitrogens with one attached hydrogen (secondary N) is 1. The van der Waals surface area contributed by atoms with Crippen LogP contribution in [-0.4, -0.2) is 17.2 Å². The van der Waals surface area contributed by atoms with E-state index in [0.29, 0.717) is 0 Å². The van der Waals surface area contributed by atoms with Crippen LogP contribution in [0.25, 0.3) is 0 Å².